The van der Waals surface area contributed by atoms with Gasteiger partial charge in [-0.3, -0.25) is 0 Å². The smallest absolute Gasteiger partial charge is 0.100 e. The maximum absolute atomic E-state index is 5.80. The second-order valence-electron chi connectivity index (χ2n) is 1.97. The first-order valence-electron chi connectivity index (χ1n) is 2.84. The lowest BCUT2D eigenvalue weighted by molar-refractivity contribution is 1.34. The summed E-state index contributed by atoms with van der Waals surface area (Å²) < 4.78 is 0.920. The van der Waals surface area contributed by atoms with Gasteiger partial charge in [-0.05, 0) is 18.2 Å². The van der Waals surface area contributed by atoms with E-state index in [9.17, 15) is 0 Å². The van der Waals surface area contributed by atoms with Crippen molar-refractivity contribution in [3.63, 3.8) is 0 Å². The third-order valence-corrected chi connectivity index (χ3v) is 2.50. The second-order valence-corrected chi connectivity index (χ2v) is 4.39. The van der Waals surface area contributed by atoms with Gasteiger partial charge in [0, 0.05) is 15.1 Å². The quantitative estimate of drug-likeness (QED) is 0.658. The van der Waals surface area contributed by atoms with Crippen molar-refractivity contribution in [3.8, 4) is 0 Å². The van der Waals surface area contributed by atoms with Gasteiger partial charge in [-0.2, -0.15) is 0 Å². The Morgan fingerprint density at radius 3 is 2.36 bits per heavy atom. The van der Waals surface area contributed by atoms with E-state index < -0.39 is 4.84 Å². The van der Waals surface area contributed by atoms with Crippen LogP contribution < -0.4 is 0 Å². The van der Waals surface area contributed by atoms with Gasteiger partial charge in [-0.1, -0.05) is 27.5 Å². The molecule has 0 saturated carbocycles. The van der Waals surface area contributed by atoms with E-state index in [0.717, 1.165) is 10.0 Å². The fourth-order valence-electron chi connectivity index (χ4n) is 0.682. The Morgan fingerprint density at radius 2 is 1.91 bits per heavy atom. The van der Waals surface area contributed by atoms with Gasteiger partial charge in [-0.15, -0.1) is 23.2 Å². The molecular weight excluding hydrogens is 270 g/mol. The highest BCUT2D eigenvalue weighted by molar-refractivity contribution is 9.10. The summed E-state index contributed by atoms with van der Waals surface area (Å²) in [4.78, 5) is -0.569. The molecule has 0 nitrogen and oxygen atoms in total. The van der Waals surface area contributed by atoms with Gasteiger partial charge in [0.2, 0.25) is 0 Å². The molecule has 11 heavy (non-hydrogen) atoms. The molecule has 4 heteroatoms. The van der Waals surface area contributed by atoms with Gasteiger partial charge in [0.25, 0.3) is 0 Å². The number of hydrogen-bond acceptors (Lipinski definition) is 0. The largest absolute Gasteiger partial charge is 0.134 e. The fraction of sp³-hybridized carbons (Fsp3) is 0.143. The van der Waals surface area contributed by atoms with Crippen LogP contribution in [0.25, 0.3) is 0 Å². The number of benzene rings is 1. The monoisotopic (exact) mass is 272 g/mol. The fourth-order valence-corrected chi connectivity index (χ4v) is 1.76. The molecule has 0 bridgehead atoms. The van der Waals surface area contributed by atoms with Crippen molar-refractivity contribution in [2.45, 2.75) is 4.84 Å². The normalized spacial score (nSPS) is 10.6. The molecule has 1 aromatic rings. The molecule has 0 aromatic heterocycles. The van der Waals surface area contributed by atoms with Crippen LogP contribution in [-0.2, 0) is 0 Å². The van der Waals surface area contributed by atoms with Crippen molar-refractivity contribution in [3.05, 3.63) is 33.3 Å². The average Bonchev–Trinajstić information content (AvgIpc) is 1.94. The van der Waals surface area contributed by atoms with E-state index in [1.54, 1.807) is 12.1 Å². The zero-order valence-electron chi connectivity index (χ0n) is 5.32. The molecule has 0 fully saturated rings. The van der Waals surface area contributed by atoms with Crippen LogP contribution >= 0.6 is 50.7 Å². The molecule has 0 heterocycles. The van der Waals surface area contributed by atoms with Gasteiger partial charge < -0.3 is 0 Å². The lowest BCUT2D eigenvalue weighted by Gasteiger charge is -2.03. The van der Waals surface area contributed by atoms with Gasteiger partial charge in [0.05, 0.1) is 0 Å². The Balaban J connectivity index is 3.13. The van der Waals surface area contributed by atoms with Crippen LogP contribution in [0.1, 0.15) is 10.4 Å². The summed E-state index contributed by atoms with van der Waals surface area (Å²) in [5.41, 5.74) is 0.726. The molecule has 0 aliphatic rings. The van der Waals surface area contributed by atoms with Crippen LogP contribution in [0.2, 0.25) is 5.02 Å². The van der Waals surface area contributed by atoms with Gasteiger partial charge in [0.15, 0.2) is 0 Å². The summed E-state index contributed by atoms with van der Waals surface area (Å²) in [7, 11) is 0. The highest BCUT2D eigenvalue weighted by Gasteiger charge is 2.07. The highest BCUT2D eigenvalue weighted by atomic mass is 79.9. The Kier molecular flexibility index (Phi) is 3.51. The molecule has 0 unspecified atom stereocenters. The van der Waals surface area contributed by atoms with E-state index in [-0.39, 0.29) is 0 Å². The Morgan fingerprint density at radius 1 is 1.27 bits per heavy atom. The first-order valence-corrected chi connectivity index (χ1v) is 4.88. The minimum atomic E-state index is -0.569. The van der Waals surface area contributed by atoms with Gasteiger partial charge >= 0.3 is 0 Å². The van der Waals surface area contributed by atoms with Crippen LogP contribution in [0.3, 0.4) is 0 Å². The predicted octanol–water partition coefficient (Wildman–Crippen LogP) is 4.58. The maximum Gasteiger partial charge on any atom is 0.134 e. The zero-order valence-corrected chi connectivity index (χ0v) is 9.18. The van der Waals surface area contributed by atoms with E-state index in [4.69, 9.17) is 34.8 Å². The lowest BCUT2D eigenvalue weighted by Crippen LogP contribution is -1.82. The van der Waals surface area contributed by atoms with Crippen molar-refractivity contribution >= 4 is 50.7 Å². The van der Waals surface area contributed by atoms with Gasteiger partial charge in [-0.25, -0.2) is 0 Å². The number of halogens is 4. The average molecular weight is 274 g/mol. The third kappa shape index (κ3) is 2.51. The molecule has 0 N–H and O–H groups in total. The van der Waals surface area contributed by atoms with E-state index in [1.165, 1.54) is 0 Å². The van der Waals surface area contributed by atoms with Crippen LogP contribution in [0.4, 0.5) is 0 Å². The third-order valence-electron chi connectivity index (χ3n) is 1.19. The van der Waals surface area contributed by atoms with E-state index in [0.29, 0.717) is 5.02 Å². The van der Waals surface area contributed by atoms with E-state index in [1.807, 2.05) is 6.07 Å². The van der Waals surface area contributed by atoms with Crippen molar-refractivity contribution < 1.29 is 0 Å². The maximum atomic E-state index is 5.80. The molecule has 0 spiro atoms. The standard InChI is InChI=1S/C7H4BrCl3/c8-4-1-2-6(9)5(3-4)7(10)11/h1-3,7H. The van der Waals surface area contributed by atoms with Gasteiger partial charge in [0.1, 0.15) is 4.84 Å². The van der Waals surface area contributed by atoms with Crippen LogP contribution in [0.15, 0.2) is 22.7 Å². The summed E-state index contributed by atoms with van der Waals surface area (Å²) in [5.74, 6) is 0. The molecule has 0 radical (unpaired) electrons. The van der Waals surface area contributed by atoms with E-state index in [2.05, 4.69) is 15.9 Å². The Labute approximate surface area is 88.6 Å². The van der Waals surface area contributed by atoms with Crippen LogP contribution in [0.5, 0.6) is 0 Å². The first kappa shape index (κ1) is 9.66. The molecule has 0 saturated heterocycles. The zero-order chi connectivity index (χ0) is 8.43. The summed E-state index contributed by atoms with van der Waals surface area (Å²) in [5, 5.41) is 0.586. The lowest BCUT2D eigenvalue weighted by atomic mass is 10.2. The van der Waals surface area contributed by atoms with Crippen molar-refractivity contribution in [2.24, 2.45) is 0 Å². The Hall–Kier alpha value is 0.570. The number of hydrogen-bond donors (Lipinski definition) is 0. The first-order chi connectivity index (χ1) is 5.11. The SMILES string of the molecule is Clc1ccc(Br)cc1C(Cl)Cl. The Bertz CT molecular complexity index is 260. The molecule has 1 aromatic carbocycles. The van der Waals surface area contributed by atoms with Crippen molar-refractivity contribution in [2.75, 3.05) is 0 Å². The highest BCUT2D eigenvalue weighted by Crippen LogP contribution is 2.32. The predicted molar refractivity (Wildman–Crippen MR) is 53.6 cm³/mol. The molecule has 0 aliphatic heterocycles. The van der Waals surface area contributed by atoms with Crippen molar-refractivity contribution in [1.82, 2.24) is 0 Å². The topological polar surface area (TPSA) is 0 Å². The molecule has 1 rings (SSSR count). The summed E-state index contributed by atoms with van der Waals surface area (Å²) in [6, 6.07) is 5.38. The van der Waals surface area contributed by atoms with E-state index >= 15 is 0 Å². The molecule has 0 amide bonds. The molecular formula is C7H4BrCl3. The minimum absolute atomic E-state index is 0.569. The number of alkyl halides is 2. The summed E-state index contributed by atoms with van der Waals surface area (Å²) >= 11 is 20.4. The molecule has 0 aliphatic carbocycles. The second kappa shape index (κ2) is 3.99. The van der Waals surface area contributed by atoms with Crippen LogP contribution in [0, 0.1) is 0 Å². The summed E-state index contributed by atoms with van der Waals surface area (Å²) in [6.07, 6.45) is 0. The van der Waals surface area contributed by atoms with Crippen LogP contribution in [-0.4, -0.2) is 0 Å². The summed E-state index contributed by atoms with van der Waals surface area (Å²) in [6.45, 7) is 0. The minimum Gasteiger partial charge on any atom is -0.100 e. The number of rotatable bonds is 1. The molecule has 60 valence electrons. The molecule has 0 atom stereocenters. The van der Waals surface area contributed by atoms with Crippen molar-refractivity contribution in [1.29, 1.82) is 0 Å².